The van der Waals surface area contributed by atoms with Crippen LogP contribution in [-0.2, 0) is 0 Å². The molecule has 0 unspecified atom stereocenters. The highest BCUT2D eigenvalue weighted by molar-refractivity contribution is 5.46. The minimum Gasteiger partial charge on any atom is -0.391 e. The van der Waals surface area contributed by atoms with Crippen molar-refractivity contribution < 1.29 is 18.3 Å². The molecule has 88 valence electrons. The number of halogens is 3. The molecule has 1 aliphatic carbocycles. The van der Waals surface area contributed by atoms with Crippen LogP contribution < -0.4 is 5.32 Å². The summed E-state index contributed by atoms with van der Waals surface area (Å²) in [6, 6.07) is 0.980. The number of aliphatic hydroxyl groups excluding tert-OH is 1. The van der Waals surface area contributed by atoms with Crippen LogP contribution in [0.5, 0.6) is 0 Å². The van der Waals surface area contributed by atoms with Gasteiger partial charge in [-0.05, 0) is 19.3 Å². The fourth-order valence-corrected chi connectivity index (χ4v) is 1.94. The molecule has 0 saturated heterocycles. The molecule has 2 rings (SSSR count). The van der Waals surface area contributed by atoms with Gasteiger partial charge in [0.25, 0.3) is 0 Å². The van der Waals surface area contributed by atoms with Crippen LogP contribution in [0, 0.1) is 17.5 Å². The summed E-state index contributed by atoms with van der Waals surface area (Å²) in [4.78, 5) is 0. The summed E-state index contributed by atoms with van der Waals surface area (Å²) in [6.45, 7) is 0. The number of hydrogen-bond donors (Lipinski definition) is 2. The van der Waals surface area contributed by atoms with Gasteiger partial charge in [0.1, 0.15) is 5.82 Å². The number of rotatable bonds is 2. The van der Waals surface area contributed by atoms with Crippen LogP contribution in [0.2, 0.25) is 0 Å². The molecule has 0 aromatic heterocycles. The summed E-state index contributed by atoms with van der Waals surface area (Å²) in [5, 5.41) is 12.2. The third-order valence-corrected chi connectivity index (χ3v) is 2.83. The van der Waals surface area contributed by atoms with Gasteiger partial charge in [-0.15, -0.1) is 0 Å². The van der Waals surface area contributed by atoms with Crippen LogP contribution >= 0.6 is 0 Å². The Hall–Kier alpha value is -1.23. The predicted octanol–water partition coefficient (Wildman–Crippen LogP) is 2.43. The molecule has 5 heteroatoms. The lowest BCUT2D eigenvalue weighted by atomic mass is 10.2. The van der Waals surface area contributed by atoms with Crippen molar-refractivity contribution in [2.24, 2.45) is 0 Å². The molecule has 1 fully saturated rings. The molecule has 2 nitrogen and oxygen atoms in total. The van der Waals surface area contributed by atoms with E-state index in [4.69, 9.17) is 0 Å². The highest BCUT2D eigenvalue weighted by atomic mass is 19.2. The monoisotopic (exact) mass is 231 g/mol. The molecule has 0 radical (unpaired) electrons. The maximum Gasteiger partial charge on any atom is 0.161 e. The van der Waals surface area contributed by atoms with E-state index < -0.39 is 23.6 Å². The molecule has 0 heterocycles. The largest absolute Gasteiger partial charge is 0.391 e. The van der Waals surface area contributed by atoms with E-state index >= 15 is 0 Å². The fraction of sp³-hybridized carbons (Fsp3) is 0.455. The Morgan fingerprint density at radius 2 is 1.75 bits per heavy atom. The standard InChI is InChI=1S/C11H12F3NO/c12-6-4-8(14)10(5-7(6)13)15-9-2-1-3-11(9)16/h4-5,9,11,15-16H,1-3H2/t9-,11-/m0/s1. The Kier molecular flexibility index (Phi) is 3.05. The van der Waals surface area contributed by atoms with E-state index in [1.165, 1.54) is 0 Å². The van der Waals surface area contributed by atoms with Gasteiger partial charge < -0.3 is 10.4 Å². The number of hydrogen-bond acceptors (Lipinski definition) is 2. The molecule has 1 aromatic carbocycles. The van der Waals surface area contributed by atoms with Crippen molar-refractivity contribution in [2.75, 3.05) is 5.32 Å². The number of benzene rings is 1. The normalized spacial score (nSPS) is 24.8. The first-order chi connectivity index (χ1) is 7.58. The van der Waals surface area contributed by atoms with Crippen LogP contribution in [-0.4, -0.2) is 17.3 Å². The molecule has 0 bridgehead atoms. The van der Waals surface area contributed by atoms with Crippen molar-refractivity contribution in [1.82, 2.24) is 0 Å². The Balaban J connectivity index is 2.18. The van der Waals surface area contributed by atoms with Crippen molar-refractivity contribution in [3.05, 3.63) is 29.6 Å². The zero-order valence-corrected chi connectivity index (χ0v) is 8.51. The van der Waals surface area contributed by atoms with Gasteiger partial charge in [0.2, 0.25) is 0 Å². The summed E-state index contributed by atoms with van der Waals surface area (Å²) in [7, 11) is 0. The van der Waals surface area contributed by atoms with Gasteiger partial charge in [0, 0.05) is 12.1 Å². The average Bonchev–Trinajstić information content (AvgIpc) is 2.61. The molecule has 1 aliphatic rings. The van der Waals surface area contributed by atoms with Gasteiger partial charge in [0.15, 0.2) is 11.6 Å². The summed E-state index contributed by atoms with van der Waals surface area (Å²) in [6.07, 6.45) is 1.61. The first-order valence-corrected chi connectivity index (χ1v) is 5.17. The maximum absolute atomic E-state index is 13.3. The van der Waals surface area contributed by atoms with E-state index in [9.17, 15) is 18.3 Å². The summed E-state index contributed by atoms with van der Waals surface area (Å²) in [5.74, 6) is -3.16. The average molecular weight is 231 g/mol. The van der Waals surface area contributed by atoms with Gasteiger partial charge in [0.05, 0.1) is 17.8 Å². The molecule has 0 amide bonds. The first-order valence-electron chi connectivity index (χ1n) is 5.17. The van der Waals surface area contributed by atoms with E-state index in [0.29, 0.717) is 18.9 Å². The van der Waals surface area contributed by atoms with Gasteiger partial charge in [-0.3, -0.25) is 0 Å². The number of anilines is 1. The second kappa shape index (κ2) is 4.33. The van der Waals surface area contributed by atoms with Crippen molar-refractivity contribution >= 4 is 5.69 Å². The first kappa shape index (κ1) is 11.3. The van der Waals surface area contributed by atoms with E-state index in [1.54, 1.807) is 0 Å². The smallest absolute Gasteiger partial charge is 0.161 e. The minimum absolute atomic E-state index is 0.107. The van der Waals surface area contributed by atoms with E-state index in [-0.39, 0.29) is 11.7 Å². The summed E-state index contributed by atoms with van der Waals surface area (Å²) in [5.41, 5.74) is -0.107. The number of aliphatic hydroxyl groups is 1. The fourth-order valence-electron chi connectivity index (χ4n) is 1.94. The lowest BCUT2D eigenvalue weighted by Gasteiger charge is -2.18. The Morgan fingerprint density at radius 1 is 1.06 bits per heavy atom. The lowest BCUT2D eigenvalue weighted by Crippen LogP contribution is -2.28. The highest BCUT2D eigenvalue weighted by Gasteiger charge is 2.26. The second-order valence-corrected chi connectivity index (χ2v) is 4.00. The van der Waals surface area contributed by atoms with Gasteiger partial charge in [-0.25, -0.2) is 13.2 Å². The molecule has 2 N–H and O–H groups in total. The molecule has 2 atom stereocenters. The van der Waals surface area contributed by atoms with Gasteiger partial charge in [-0.2, -0.15) is 0 Å². The molecule has 1 saturated carbocycles. The van der Waals surface area contributed by atoms with Crippen LogP contribution in [0.1, 0.15) is 19.3 Å². The predicted molar refractivity (Wildman–Crippen MR) is 53.6 cm³/mol. The molecular weight excluding hydrogens is 219 g/mol. The van der Waals surface area contributed by atoms with Crippen molar-refractivity contribution in [3.8, 4) is 0 Å². The van der Waals surface area contributed by atoms with E-state index in [1.807, 2.05) is 0 Å². The topological polar surface area (TPSA) is 32.3 Å². The molecule has 0 spiro atoms. The summed E-state index contributed by atoms with van der Waals surface area (Å²) >= 11 is 0. The highest BCUT2D eigenvalue weighted by Crippen LogP contribution is 2.25. The van der Waals surface area contributed by atoms with E-state index in [2.05, 4.69) is 5.32 Å². The summed E-state index contributed by atoms with van der Waals surface area (Å²) < 4.78 is 38.8. The van der Waals surface area contributed by atoms with Crippen LogP contribution in [0.4, 0.5) is 18.9 Å². The molecule has 0 aliphatic heterocycles. The third kappa shape index (κ3) is 2.14. The quantitative estimate of drug-likeness (QED) is 0.766. The zero-order chi connectivity index (χ0) is 11.7. The van der Waals surface area contributed by atoms with Crippen molar-refractivity contribution in [1.29, 1.82) is 0 Å². The van der Waals surface area contributed by atoms with Crippen LogP contribution in [0.25, 0.3) is 0 Å². The molecule has 1 aromatic rings. The molecule has 16 heavy (non-hydrogen) atoms. The van der Waals surface area contributed by atoms with Gasteiger partial charge in [-0.1, -0.05) is 0 Å². The van der Waals surface area contributed by atoms with Gasteiger partial charge >= 0.3 is 0 Å². The van der Waals surface area contributed by atoms with Crippen molar-refractivity contribution in [2.45, 2.75) is 31.4 Å². The van der Waals surface area contributed by atoms with Crippen LogP contribution in [0.15, 0.2) is 12.1 Å². The maximum atomic E-state index is 13.3. The Labute approximate surface area is 91.1 Å². The van der Waals surface area contributed by atoms with E-state index in [0.717, 1.165) is 12.5 Å². The zero-order valence-electron chi connectivity index (χ0n) is 8.51. The second-order valence-electron chi connectivity index (χ2n) is 4.00. The minimum atomic E-state index is -1.21. The SMILES string of the molecule is O[C@H]1CCC[C@@H]1Nc1cc(F)c(F)cc1F. The third-order valence-electron chi connectivity index (χ3n) is 2.83. The van der Waals surface area contributed by atoms with Crippen molar-refractivity contribution in [3.63, 3.8) is 0 Å². The lowest BCUT2D eigenvalue weighted by molar-refractivity contribution is 0.171. The Morgan fingerprint density at radius 3 is 2.38 bits per heavy atom. The molecular formula is C11H12F3NO. The van der Waals surface area contributed by atoms with Crippen LogP contribution in [0.3, 0.4) is 0 Å². The Bertz CT molecular complexity index is 397. The number of nitrogens with one attached hydrogen (secondary N) is 1.